The number of hydrogen-bond donors (Lipinski definition) is 1. The molecule has 1 N–H and O–H groups in total. The molecule has 0 atom stereocenters. The number of esters is 1. The third kappa shape index (κ3) is 4.17. The number of nitrogens with zero attached hydrogens (tertiary/aromatic N) is 1. The third-order valence-electron chi connectivity index (χ3n) is 3.96. The lowest BCUT2D eigenvalue weighted by Gasteiger charge is -2.14. The van der Waals surface area contributed by atoms with E-state index in [4.69, 9.17) is 9.47 Å². The Hall–Kier alpha value is -3.68. The van der Waals surface area contributed by atoms with Crippen LogP contribution in [0.1, 0.15) is 27.6 Å². The Morgan fingerprint density at radius 1 is 1.00 bits per heavy atom. The Morgan fingerprint density at radius 3 is 2.32 bits per heavy atom. The molecule has 0 unspecified atom stereocenters. The number of anilines is 1. The Kier molecular flexibility index (Phi) is 5.69. The molecule has 0 fully saturated rings. The number of nitrogens with one attached hydrogen (secondary N) is 1. The number of amides is 3. The number of benzene rings is 2. The summed E-state index contributed by atoms with van der Waals surface area (Å²) in [4.78, 5) is 49.2. The van der Waals surface area contributed by atoms with Crippen molar-refractivity contribution < 1.29 is 28.7 Å². The molecule has 0 radical (unpaired) electrons. The number of rotatable bonds is 7. The van der Waals surface area contributed by atoms with Crippen LogP contribution >= 0.6 is 0 Å². The van der Waals surface area contributed by atoms with Gasteiger partial charge in [-0.2, -0.15) is 0 Å². The first-order chi connectivity index (χ1) is 13.5. The molecule has 0 spiro atoms. The van der Waals surface area contributed by atoms with Crippen molar-refractivity contribution in [2.24, 2.45) is 0 Å². The summed E-state index contributed by atoms with van der Waals surface area (Å²) in [5.41, 5.74) is 0.979. The number of ether oxygens (including phenoxy) is 2. The van der Waals surface area contributed by atoms with Crippen molar-refractivity contribution >= 4 is 29.4 Å². The lowest BCUT2D eigenvalue weighted by molar-refractivity contribution is -0.145. The fraction of sp³-hybridized carbons (Fsp3) is 0.200. The van der Waals surface area contributed by atoms with Gasteiger partial charge in [-0.05, 0) is 31.2 Å². The van der Waals surface area contributed by atoms with Crippen LogP contribution in [0.4, 0.5) is 5.69 Å². The monoisotopic (exact) mass is 382 g/mol. The smallest absolute Gasteiger partial charge is 0.344 e. The van der Waals surface area contributed by atoms with E-state index in [-0.39, 0.29) is 24.3 Å². The van der Waals surface area contributed by atoms with E-state index in [0.717, 1.165) is 4.90 Å². The van der Waals surface area contributed by atoms with E-state index >= 15 is 0 Å². The van der Waals surface area contributed by atoms with Gasteiger partial charge in [0.2, 0.25) is 5.91 Å². The molecule has 1 aliphatic heterocycles. The fourth-order valence-corrected chi connectivity index (χ4v) is 2.74. The molecule has 2 aromatic carbocycles. The zero-order valence-corrected chi connectivity index (χ0v) is 15.1. The molecule has 3 rings (SSSR count). The minimum Gasteiger partial charge on any atom is -0.482 e. The normalized spacial score (nSPS) is 12.5. The van der Waals surface area contributed by atoms with Crippen LogP contribution in [0.25, 0.3) is 0 Å². The zero-order valence-electron chi connectivity index (χ0n) is 15.1. The Labute approximate surface area is 161 Å². The molecule has 1 aliphatic rings. The molecule has 0 saturated heterocycles. The Morgan fingerprint density at radius 2 is 1.68 bits per heavy atom. The van der Waals surface area contributed by atoms with Gasteiger partial charge in [-0.15, -0.1) is 0 Å². The van der Waals surface area contributed by atoms with E-state index in [1.165, 1.54) is 6.07 Å². The van der Waals surface area contributed by atoms with Gasteiger partial charge in [0.25, 0.3) is 11.8 Å². The molecule has 2 aromatic rings. The van der Waals surface area contributed by atoms with Gasteiger partial charge in [0.05, 0.1) is 17.7 Å². The van der Waals surface area contributed by atoms with Crippen LogP contribution in [0.5, 0.6) is 5.75 Å². The summed E-state index contributed by atoms with van der Waals surface area (Å²) < 4.78 is 10.1. The fourth-order valence-electron chi connectivity index (χ4n) is 2.74. The summed E-state index contributed by atoms with van der Waals surface area (Å²) in [5, 5.41) is 2.61. The van der Waals surface area contributed by atoms with Gasteiger partial charge < -0.3 is 14.8 Å². The second-order valence-electron chi connectivity index (χ2n) is 5.91. The summed E-state index contributed by atoms with van der Waals surface area (Å²) in [6.07, 6.45) is 0. The summed E-state index contributed by atoms with van der Waals surface area (Å²) in [7, 11) is 0. The van der Waals surface area contributed by atoms with Crippen LogP contribution in [0, 0.1) is 0 Å². The Balaban J connectivity index is 1.60. The zero-order chi connectivity index (χ0) is 20.1. The number of fused-ring (bicyclic) bond motifs is 1. The van der Waals surface area contributed by atoms with Gasteiger partial charge in [0.15, 0.2) is 6.61 Å². The van der Waals surface area contributed by atoms with Crippen molar-refractivity contribution in [3.05, 3.63) is 59.7 Å². The maximum Gasteiger partial charge on any atom is 0.344 e. The van der Waals surface area contributed by atoms with E-state index in [1.807, 2.05) is 0 Å². The summed E-state index contributed by atoms with van der Waals surface area (Å²) in [6, 6.07) is 12.8. The van der Waals surface area contributed by atoms with Gasteiger partial charge in [-0.3, -0.25) is 19.3 Å². The maximum absolute atomic E-state index is 12.3. The van der Waals surface area contributed by atoms with Crippen LogP contribution in [-0.2, 0) is 14.3 Å². The third-order valence-corrected chi connectivity index (χ3v) is 3.96. The van der Waals surface area contributed by atoms with Gasteiger partial charge in [0, 0.05) is 11.8 Å². The lowest BCUT2D eigenvalue weighted by Crippen LogP contribution is -2.37. The largest absolute Gasteiger partial charge is 0.482 e. The van der Waals surface area contributed by atoms with Gasteiger partial charge in [-0.1, -0.05) is 18.2 Å². The van der Waals surface area contributed by atoms with Crippen molar-refractivity contribution in [3.63, 3.8) is 0 Å². The van der Waals surface area contributed by atoms with Crippen molar-refractivity contribution in [1.29, 1.82) is 0 Å². The predicted molar refractivity (Wildman–Crippen MR) is 99.0 cm³/mol. The molecule has 28 heavy (non-hydrogen) atoms. The van der Waals surface area contributed by atoms with E-state index in [2.05, 4.69) is 5.32 Å². The molecule has 144 valence electrons. The quantitative estimate of drug-likeness (QED) is 0.579. The molecule has 0 aliphatic carbocycles. The molecular formula is C20H18N2O6. The van der Waals surface area contributed by atoms with E-state index < -0.39 is 30.2 Å². The number of carbonyl (C=O) groups excluding carboxylic acids is 4. The number of carbonyl (C=O) groups is 4. The highest BCUT2D eigenvalue weighted by Gasteiger charge is 2.36. The second kappa shape index (κ2) is 8.34. The number of imide groups is 1. The van der Waals surface area contributed by atoms with Crippen molar-refractivity contribution in [2.75, 3.05) is 25.1 Å². The highest BCUT2D eigenvalue weighted by Crippen LogP contribution is 2.22. The highest BCUT2D eigenvalue weighted by molar-refractivity contribution is 6.22. The molecule has 8 nitrogen and oxygen atoms in total. The molecule has 3 amide bonds. The van der Waals surface area contributed by atoms with Crippen molar-refractivity contribution in [1.82, 2.24) is 4.90 Å². The average Bonchev–Trinajstić information content (AvgIpc) is 2.92. The first-order valence-corrected chi connectivity index (χ1v) is 8.63. The van der Waals surface area contributed by atoms with Gasteiger partial charge >= 0.3 is 5.97 Å². The Bertz CT molecular complexity index is 905. The molecular weight excluding hydrogens is 364 g/mol. The summed E-state index contributed by atoms with van der Waals surface area (Å²) in [6.45, 7) is 1.30. The lowest BCUT2D eigenvalue weighted by atomic mass is 10.1. The highest BCUT2D eigenvalue weighted by atomic mass is 16.6. The van der Waals surface area contributed by atoms with Crippen molar-refractivity contribution in [2.45, 2.75) is 6.92 Å². The number of hydrogen-bond acceptors (Lipinski definition) is 6. The van der Waals surface area contributed by atoms with E-state index in [1.54, 1.807) is 49.4 Å². The van der Waals surface area contributed by atoms with E-state index in [0.29, 0.717) is 11.4 Å². The first-order valence-electron chi connectivity index (χ1n) is 8.63. The molecule has 8 heteroatoms. The van der Waals surface area contributed by atoms with E-state index in [9.17, 15) is 19.2 Å². The van der Waals surface area contributed by atoms with Crippen molar-refractivity contribution in [3.8, 4) is 5.75 Å². The molecule has 0 aromatic heterocycles. The second-order valence-corrected chi connectivity index (χ2v) is 5.91. The summed E-state index contributed by atoms with van der Waals surface area (Å²) in [5.74, 6) is -1.66. The minimum atomic E-state index is -0.531. The molecule has 0 saturated carbocycles. The molecule has 1 heterocycles. The predicted octanol–water partition coefficient (Wildman–Crippen LogP) is 1.86. The summed E-state index contributed by atoms with van der Waals surface area (Å²) >= 11 is 0. The van der Waals surface area contributed by atoms with Gasteiger partial charge in [-0.25, -0.2) is 4.79 Å². The molecule has 0 bridgehead atoms. The van der Waals surface area contributed by atoms with Crippen LogP contribution in [0.2, 0.25) is 0 Å². The standard InChI is InChI=1S/C20H18N2O6/c1-2-27-18(24)12-28-14-7-5-6-13(10-14)21-17(23)11-22-19(25)15-8-3-4-9-16(15)20(22)26/h3-10H,2,11-12H2,1H3,(H,21,23). The topological polar surface area (TPSA) is 102 Å². The minimum absolute atomic E-state index is 0.250. The van der Waals surface area contributed by atoms with Crippen LogP contribution in [0.15, 0.2) is 48.5 Å². The average molecular weight is 382 g/mol. The van der Waals surface area contributed by atoms with Crippen LogP contribution in [0.3, 0.4) is 0 Å². The SMILES string of the molecule is CCOC(=O)COc1cccc(NC(=O)CN2C(=O)c3ccccc3C2=O)c1. The first kappa shape index (κ1) is 19.1. The van der Waals surface area contributed by atoms with Crippen LogP contribution in [-0.4, -0.2) is 48.3 Å². The van der Waals surface area contributed by atoms with Gasteiger partial charge in [0.1, 0.15) is 12.3 Å². The maximum atomic E-state index is 12.3. The van der Waals surface area contributed by atoms with Crippen LogP contribution < -0.4 is 10.1 Å².